The lowest BCUT2D eigenvalue weighted by molar-refractivity contribution is 0.0953. The first-order chi connectivity index (χ1) is 15.1. The lowest BCUT2D eigenvalue weighted by Crippen LogP contribution is -2.24. The van der Waals surface area contributed by atoms with Gasteiger partial charge in [-0.1, -0.05) is 23.7 Å². The molecule has 0 aliphatic carbocycles. The number of halogens is 1. The van der Waals surface area contributed by atoms with E-state index in [1.165, 1.54) is 0 Å². The summed E-state index contributed by atoms with van der Waals surface area (Å²) in [6.07, 6.45) is 5.12. The molecule has 7 heteroatoms. The molecule has 2 aromatic carbocycles. The highest BCUT2D eigenvalue weighted by atomic mass is 35.5. The molecule has 1 amide bonds. The van der Waals surface area contributed by atoms with Gasteiger partial charge in [-0.25, -0.2) is 9.97 Å². The van der Waals surface area contributed by atoms with Gasteiger partial charge in [0.1, 0.15) is 11.6 Å². The van der Waals surface area contributed by atoms with Crippen molar-refractivity contribution in [1.29, 1.82) is 0 Å². The zero-order valence-corrected chi connectivity index (χ0v) is 17.9. The number of imidazole rings is 1. The van der Waals surface area contributed by atoms with Crippen molar-refractivity contribution in [2.75, 3.05) is 13.2 Å². The van der Waals surface area contributed by atoms with Crippen molar-refractivity contribution in [3.8, 4) is 17.0 Å². The quantitative estimate of drug-likeness (QED) is 0.381. The van der Waals surface area contributed by atoms with Gasteiger partial charge in [-0.2, -0.15) is 0 Å². The van der Waals surface area contributed by atoms with Crippen LogP contribution in [-0.2, 0) is 6.42 Å². The molecule has 31 heavy (non-hydrogen) atoms. The van der Waals surface area contributed by atoms with E-state index < -0.39 is 0 Å². The second-order valence-corrected chi connectivity index (χ2v) is 7.51. The van der Waals surface area contributed by atoms with Gasteiger partial charge in [0.25, 0.3) is 5.91 Å². The predicted molar refractivity (Wildman–Crippen MR) is 123 cm³/mol. The molecular formula is C24H23ClN4O2. The Hall–Kier alpha value is -3.38. The topological polar surface area (TPSA) is 79.9 Å². The summed E-state index contributed by atoms with van der Waals surface area (Å²) in [4.78, 5) is 24.7. The van der Waals surface area contributed by atoms with Gasteiger partial charge >= 0.3 is 0 Å². The second kappa shape index (κ2) is 9.62. The third kappa shape index (κ3) is 5.03. The fourth-order valence-electron chi connectivity index (χ4n) is 3.38. The van der Waals surface area contributed by atoms with Crippen molar-refractivity contribution in [2.45, 2.75) is 19.8 Å². The number of benzene rings is 2. The number of pyridine rings is 1. The average molecular weight is 435 g/mol. The molecule has 4 aromatic rings. The number of nitrogens with one attached hydrogen (secondary N) is 2. The molecule has 0 aliphatic heterocycles. The maximum Gasteiger partial charge on any atom is 0.251 e. The van der Waals surface area contributed by atoms with Gasteiger partial charge in [0.2, 0.25) is 0 Å². The Morgan fingerprint density at radius 3 is 2.74 bits per heavy atom. The van der Waals surface area contributed by atoms with E-state index >= 15 is 0 Å². The molecule has 0 atom stereocenters. The van der Waals surface area contributed by atoms with E-state index in [0.29, 0.717) is 29.3 Å². The first-order valence-corrected chi connectivity index (χ1v) is 10.6. The molecule has 158 valence electrons. The number of amides is 1. The number of H-pyrrole nitrogens is 1. The fraction of sp³-hybridized carbons (Fsp3) is 0.208. The Morgan fingerprint density at radius 2 is 2.00 bits per heavy atom. The molecule has 0 bridgehead atoms. The van der Waals surface area contributed by atoms with Crippen LogP contribution in [-0.4, -0.2) is 34.0 Å². The van der Waals surface area contributed by atoms with Crippen LogP contribution >= 0.6 is 11.6 Å². The van der Waals surface area contributed by atoms with E-state index in [2.05, 4.69) is 15.3 Å². The molecule has 4 rings (SSSR count). The Balaban J connectivity index is 1.56. The summed E-state index contributed by atoms with van der Waals surface area (Å²) in [5.41, 5.74) is 2.97. The van der Waals surface area contributed by atoms with Crippen LogP contribution in [0.15, 0.2) is 60.9 Å². The summed E-state index contributed by atoms with van der Waals surface area (Å²) >= 11 is 6.02. The molecule has 2 N–H and O–H groups in total. The molecule has 0 saturated carbocycles. The van der Waals surface area contributed by atoms with Gasteiger partial charge in [0.15, 0.2) is 0 Å². The zero-order valence-electron chi connectivity index (χ0n) is 17.2. The van der Waals surface area contributed by atoms with Gasteiger partial charge in [-0.15, -0.1) is 0 Å². The second-order valence-electron chi connectivity index (χ2n) is 7.07. The van der Waals surface area contributed by atoms with E-state index in [4.69, 9.17) is 21.3 Å². The normalized spacial score (nSPS) is 10.9. The number of carbonyl (C=O) groups excluding carboxylic acids is 1. The predicted octanol–water partition coefficient (Wildman–Crippen LogP) is 5.04. The SMILES string of the molecule is CCOc1cc(-c2ccc(Cl)cc2)nc2cc(C(=O)NCCCc3ncc[nH]3)ccc12. The number of rotatable bonds is 8. The van der Waals surface area contributed by atoms with Crippen LogP contribution in [0.2, 0.25) is 5.02 Å². The maximum absolute atomic E-state index is 12.6. The number of carbonyl (C=O) groups is 1. The third-order valence-electron chi connectivity index (χ3n) is 4.90. The van der Waals surface area contributed by atoms with Gasteiger partial charge in [0, 0.05) is 53.0 Å². The van der Waals surface area contributed by atoms with Crippen molar-refractivity contribution < 1.29 is 9.53 Å². The largest absolute Gasteiger partial charge is 0.493 e. The van der Waals surface area contributed by atoms with E-state index in [9.17, 15) is 4.79 Å². The number of aromatic nitrogens is 3. The first kappa shape index (κ1) is 20.9. The van der Waals surface area contributed by atoms with Gasteiger partial charge < -0.3 is 15.0 Å². The van der Waals surface area contributed by atoms with Crippen molar-refractivity contribution >= 4 is 28.4 Å². The van der Waals surface area contributed by atoms with Crippen LogP contribution in [0.3, 0.4) is 0 Å². The first-order valence-electron chi connectivity index (χ1n) is 10.2. The molecular weight excluding hydrogens is 412 g/mol. The molecule has 0 saturated heterocycles. The fourth-order valence-corrected chi connectivity index (χ4v) is 3.50. The Kier molecular flexibility index (Phi) is 6.48. The molecule has 0 spiro atoms. The highest BCUT2D eigenvalue weighted by Gasteiger charge is 2.12. The highest BCUT2D eigenvalue weighted by molar-refractivity contribution is 6.30. The van der Waals surface area contributed by atoms with E-state index in [1.54, 1.807) is 24.5 Å². The number of fused-ring (bicyclic) bond motifs is 1. The monoisotopic (exact) mass is 434 g/mol. The zero-order chi connectivity index (χ0) is 21.6. The van der Waals surface area contributed by atoms with Crippen molar-refractivity contribution in [1.82, 2.24) is 20.3 Å². The van der Waals surface area contributed by atoms with Crippen LogP contribution in [0.5, 0.6) is 5.75 Å². The lowest BCUT2D eigenvalue weighted by Gasteiger charge is -2.12. The minimum absolute atomic E-state index is 0.127. The van der Waals surface area contributed by atoms with Crippen molar-refractivity contribution in [2.24, 2.45) is 0 Å². The molecule has 0 fully saturated rings. The van der Waals surface area contributed by atoms with E-state index in [0.717, 1.165) is 41.1 Å². The lowest BCUT2D eigenvalue weighted by atomic mass is 10.1. The summed E-state index contributed by atoms with van der Waals surface area (Å²) in [6, 6.07) is 14.9. The molecule has 6 nitrogen and oxygen atoms in total. The Bertz CT molecular complexity index is 1170. The van der Waals surface area contributed by atoms with Crippen LogP contribution in [0.4, 0.5) is 0 Å². The number of nitrogens with zero attached hydrogens (tertiary/aromatic N) is 2. The van der Waals surface area contributed by atoms with Crippen molar-refractivity contribution in [3.05, 3.63) is 77.3 Å². The Labute approximate surface area is 185 Å². The standard InChI is InChI=1S/C24H23ClN4O2/c1-2-31-22-15-20(16-5-8-18(25)9-6-16)29-21-14-17(7-10-19(21)22)24(30)28-11-3-4-23-26-12-13-27-23/h5-10,12-15H,2-4,11H2,1H3,(H,26,27)(H,28,30). The number of hydrogen-bond donors (Lipinski definition) is 2. The highest BCUT2D eigenvalue weighted by Crippen LogP contribution is 2.31. The number of hydrogen-bond acceptors (Lipinski definition) is 4. The molecule has 0 unspecified atom stereocenters. The van der Waals surface area contributed by atoms with Gasteiger partial charge in [-0.05, 0) is 43.7 Å². The van der Waals surface area contributed by atoms with Gasteiger partial charge in [0.05, 0.1) is 17.8 Å². The van der Waals surface area contributed by atoms with Crippen LogP contribution in [0.25, 0.3) is 22.2 Å². The summed E-state index contributed by atoms with van der Waals surface area (Å²) in [7, 11) is 0. The van der Waals surface area contributed by atoms with E-state index in [-0.39, 0.29) is 5.91 Å². The maximum atomic E-state index is 12.6. The number of aromatic amines is 1. The Morgan fingerprint density at radius 1 is 1.16 bits per heavy atom. The summed E-state index contributed by atoms with van der Waals surface area (Å²) in [5.74, 6) is 1.53. The van der Waals surface area contributed by atoms with E-state index in [1.807, 2.05) is 43.3 Å². The molecule has 0 aliphatic rings. The average Bonchev–Trinajstić information content (AvgIpc) is 3.30. The minimum Gasteiger partial charge on any atom is -0.493 e. The van der Waals surface area contributed by atoms with Gasteiger partial charge in [-0.3, -0.25) is 4.79 Å². The molecule has 2 heterocycles. The number of ether oxygens (including phenoxy) is 1. The third-order valence-corrected chi connectivity index (χ3v) is 5.16. The molecule has 0 radical (unpaired) electrons. The van der Waals surface area contributed by atoms with Crippen LogP contribution in [0.1, 0.15) is 29.5 Å². The summed E-state index contributed by atoms with van der Waals surface area (Å²) < 4.78 is 5.84. The summed E-state index contributed by atoms with van der Waals surface area (Å²) in [5, 5.41) is 4.50. The van der Waals surface area contributed by atoms with Crippen LogP contribution in [0, 0.1) is 0 Å². The van der Waals surface area contributed by atoms with Crippen molar-refractivity contribution in [3.63, 3.8) is 0 Å². The number of aryl methyl sites for hydroxylation is 1. The van der Waals surface area contributed by atoms with Crippen LogP contribution < -0.4 is 10.1 Å². The molecule has 2 aromatic heterocycles. The summed E-state index contributed by atoms with van der Waals surface area (Å²) in [6.45, 7) is 3.05. The smallest absolute Gasteiger partial charge is 0.251 e. The minimum atomic E-state index is -0.127.